The van der Waals surface area contributed by atoms with Gasteiger partial charge in [-0.1, -0.05) is 24.3 Å². The number of benzene rings is 2. The molecule has 138 valence electrons. The van der Waals surface area contributed by atoms with E-state index in [4.69, 9.17) is 0 Å². The number of nitrogens with one attached hydrogen (secondary N) is 1. The molecule has 5 nitrogen and oxygen atoms in total. The minimum absolute atomic E-state index is 0.0403. The molecular formula is C20H17FN2O3S. The van der Waals surface area contributed by atoms with Gasteiger partial charge in [0.2, 0.25) is 10.0 Å². The Hall–Kier alpha value is -2.90. The first-order valence-electron chi connectivity index (χ1n) is 8.17. The lowest BCUT2D eigenvalue weighted by Crippen LogP contribution is -2.30. The molecule has 0 unspecified atom stereocenters. The Balaban J connectivity index is 1.86. The molecule has 1 N–H and O–H groups in total. The first kappa shape index (κ1) is 18.9. The second kappa shape index (κ2) is 7.77. The van der Waals surface area contributed by atoms with Crippen molar-refractivity contribution in [2.24, 2.45) is 0 Å². The highest BCUT2D eigenvalue weighted by molar-refractivity contribution is 7.89. The number of ketones is 1. The third-order valence-corrected chi connectivity index (χ3v) is 5.44. The van der Waals surface area contributed by atoms with Crippen LogP contribution in [0.5, 0.6) is 0 Å². The van der Waals surface area contributed by atoms with Crippen molar-refractivity contribution in [2.45, 2.75) is 11.8 Å². The quantitative estimate of drug-likeness (QED) is 0.661. The second-order valence-electron chi connectivity index (χ2n) is 5.96. The molecule has 0 bridgehead atoms. The summed E-state index contributed by atoms with van der Waals surface area (Å²) in [5, 5.41) is 0. The zero-order valence-electron chi connectivity index (χ0n) is 14.5. The van der Waals surface area contributed by atoms with Crippen LogP contribution in [0.15, 0.2) is 71.9 Å². The molecule has 0 amide bonds. The van der Waals surface area contributed by atoms with Gasteiger partial charge in [-0.3, -0.25) is 9.78 Å². The number of pyridine rings is 1. The molecule has 0 atom stereocenters. The van der Waals surface area contributed by atoms with Gasteiger partial charge in [0.1, 0.15) is 5.82 Å². The van der Waals surface area contributed by atoms with Crippen molar-refractivity contribution >= 4 is 15.8 Å². The van der Waals surface area contributed by atoms with Gasteiger partial charge in [-0.05, 0) is 48.4 Å². The molecule has 0 saturated heterocycles. The Bertz CT molecular complexity index is 1070. The number of rotatable bonds is 6. The van der Waals surface area contributed by atoms with Crippen LogP contribution in [0.3, 0.4) is 0 Å². The summed E-state index contributed by atoms with van der Waals surface area (Å²) in [5.41, 5.74) is 1.51. The fraction of sp³-hybridized carbons (Fsp3) is 0.100. The summed E-state index contributed by atoms with van der Waals surface area (Å²) in [5.74, 6) is -1.31. The van der Waals surface area contributed by atoms with Gasteiger partial charge >= 0.3 is 0 Å². The van der Waals surface area contributed by atoms with Crippen molar-refractivity contribution in [2.75, 3.05) is 6.54 Å². The number of halogens is 1. The molecule has 0 aliphatic rings. The summed E-state index contributed by atoms with van der Waals surface area (Å²) in [6.07, 6.45) is 3.23. The first-order chi connectivity index (χ1) is 12.9. The molecule has 0 aliphatic heterocycles. The summed E-state index contributed by atoms with van der Waals surface area (Å²) >= 11 is 0. The highest BCUT2D eigenvalue weighted by Gasteiger charge is 2.19. The maximum Gasteiger partial charge on any atom is 0.240 e. The highest BCUT2D eigenvalue weighted by atomic mass is 32.2. The SMILES string of the molecule is Cc1cc(-c2cccnc2)cc(C(=O)CNS(=O)(=O)c2ccccc2)c1F. The Kier molecular flexibility index (Phi) is 5.43. The van der Waals surface area contributed by atoms with Crippen molar-refractivity contribution in [3.8, 4) is 11.1 Å². The highest BCUT2D eigenvalue weighted by Crippen LogP contribution is 2.24. The van der Waals surface area contributed by atoms with Crippen LogP contribution >= 0.6 is 0 Å². The van der Waals surface area contributed by atoms with E-state index in [0.29, 0.717) is 11.1 Å². The standard InChI is InChI=1S/C20H17FN2O3S/c1-14-10-16(15-6-5-9-22-12-15)11-18(20(14)21)19(24)13-23-27(25,26)17-7-3-2-4-8-17/h2-12,23H,13H2,1H3. The van der Waals surface area contributed by atoms with Gasteiger partial charge in [0, 0.05) is 18.0 Å². The number of carbonyl (C=O) groups is 1. The van der Waals surface area contributed by atoms with E-state index in [2.05, 4.69) is 9.71 Å². The average molecular weight is 384 g/mol. The van der Waals surface area contributed by atoms with E-state index >= 15 is 0 Å². The van der Waals surface area contributed by atoms with Crippen molar-refractivity contribution in [3.63, 3.8) is 0 Å². The lowest BCUT2D eigenvalue weighted by molar-refractivity contribution is 0.0993. The molecule has 27 heavy (non-hydrogen) atoms. The van der Waals surface area contributed by atoms with Gasteiger partial charge in [-0.25, -0.2) is 17.5 Å². The Morgan fingerprint density at radius 1 is 1.07 bits per heavy atom. The van der Waals surface area contributed by atoms with Crippen molar-refractivity contribution in [1.82, 2.24) is 9.71 Å². The van der Waals surface area contributed by atoms with Crippen LogP contribution in [0.2, 0.25) is 0 Å². The number of nitrogens with zero attached hydrogens (tertiary/aromatic N) is 1. The van der Waals surface area contributed by atoms with Crippen LogP contribution in [-0.4, -0.2) is 25.7 Å². The van der Waals surface area contributed by atoms with Crippen LogP contribution in [0, 0.1) is 12.7 Å². The number of Topliss-reactive ketones (excluding diaryl/α,β-unsaturated/α-hetero) is 1. The molecule has 0 saturated carbocycles. The molecule has 0 fully saturated rings. The number of aryl methyl sites for hydroxylation is 1. The fourth-order valence-corrected chi connectivity index (χ4v) is 3.61. The zero-order chi connectivity index (χ0) is 19.4. The minimum atomic E-state index is -3.85. The summed E-state index contributed by atoms with van der Waals surface area (Å²) in [6, 6.07) is 14.3. The first-order valence-corrected chi connectivity index (χ1v) is 9.65. The zero-order valence-corrected chi connectivity index (χ0v) is 15.3. The van der Waals surface area contributed by atoms with E-state index in [1.807, 2.05) is 0 Å². The number of aromatic nitrogens is 1. The summed E-state index contributed by atoms with van der Waals surface area (Å²) in [6.45, 7) is 1.02. The average Bonchev–Trinajstić information content (AvgIpc) is 2.69. The number of hydrogen-bond acceptors (Lipinski definition) is 4. The Labute approximate surface area is 156 Å². The molecule has 1 heterocycles. The molecule has 3 rings (SSSR count). The van der Waals surface area contributed by atoms with Crippen LogP contribution in [0.25, 0.3) is 11.1 Å². The molecule has 0 aliphatic carbocycles. The normalized spacial score (nSPS) is 11.3. The van der Waals surface area contributed by atoms with Gasteiger partial charge < -0.3 is 0 Å². The topological polar surface area (TPSA) is 76.1 Å². The van der Waals surface area contributed by atoms with E-state index in [9.17, 15) is 17.6 Å². The monoisotopic (exact) mass is 384 g/mol. The van der Waals surface area contributed by atoms with E-state index in [0.717, 1.165) is 5.56 Å². The van der Waals surface area contributed by atoms with E-state index < -0.39 is 28.2 Å². The lowest BCUT2D eigenvalue weighted by atomic mass is 9.98. The smallest absolute Gasteiger partial charge is 0.240 e. The third-order valence-electron chi connectivity index (χ3n) is 4.03. The number of hydrogen-bond donors (Lipinski definition) is 1. The van der Waals surface area contributed by atoms with Gasteiger partial charge in [0.15, 0.2) is 5.78 Å². The van der Waals surface area contributed by atoms with Gasteiger partial charge in [0.25, 0.3) is 0 Å². The minimum Gasteiger partial charge on any atom is -0.293 e. The molecular weight excluding hydrogens is 367 g/mol. The molecule has 1 aromatic heterocycles. The van der Waals surface area contributed by atoms with Crippen LogP contribution in [0.4, 0.5) is 4.39 Å². The maximum absolute atomic E-state index is 14.5. The van der Waals surface area contributed by atoms with Crippen molar-refractivity contribution < 1.29 is 17.6 Å². The van der Waals surface area contributed by atoms with E-state index in [-0.39, 0.29) is 10.5 Å². The van der Waals surface area contributed by atoms with Gasteiger partial charge in [0.05, 0.1) is 17.0 Å². The van der Waals surface area contributed by atoms with Gasteiger partial charge in [-0.2, -0.15) is 0 Å². The third kappa shape index (κ3) is 4.27. The summed E-state index contributed by atoms with van der Waals surface area (Å²) in [4.78, 5) is 16.6. The number of sulfonamides is 1. The predicted molar refractivity (Wildman–Crippen MR) is 100 cm³/mol. The Morgan fingerprint density at radius 2 is 1.81 bits per heavy atom. The summed E-state index contributed by atoms with van der Waals surface area (Å²) < 4.78 is 41.2. The molecule has 2 aromatic carbocycles. The summed E-state index contributed by atoms with van der Waals surface area (Å²) in [7, 11) is -3.85. The van der Waals surface area contributed by atoms with Crippen LogP contribution in [0.1, 0.15) is 15.9 Å². The van der Waals surface area contributed by atoms with Crippen molar-refractivity contribution in [1.29, 1.82) is 0 Å². The van der Waals surface area contributed by atoms with Crippen LogP contribution in [-0.2, 0) is 10.0 Å². The molecule has 0 spiro atoms. The largest absolute Gasteiger partial charge is 0.293 e. The van der Waals surface area contributed by atoms with Gasteiger partial charge in [-0.15, -0.1) is 0 Å². The Morgan fingerprint density at radius 3 is 2.48 bits per heavy atom. The van der Waals surface area contributed by atoms with E-state index in [1.54, 1.807) is 55.7 Å². The predicted octanol–water partition coefficient (Wildman–Crippen LogP) is 3.36. The van der Waals surface area contributed by atoms with E-state index in [1.165, 1.54) is 18.2 Å². The maximum atomic E-state index is 14.5. The molecule has 0 radical (unpaired) electrons. The second-order valence-corrected chi connectivity index (χ2v) is 7.72. The number of carbonyl (C=O) groups excluding carboxylic acids is 1. The fourth-order valence-electron chi connectivity index (χ4n) is 2.61. The molecule has 7 heteroatoms. The molecule has 3 aromatic rings. The van der Waals surface area contributed by atoms with Crippen molar-refractivity contribution in [3.05, 3.63) is 83.9 Å². The van der Waals surface area contributed by atoms with Crippen LogP contribution < -0.4 is 4.72 Å². The lowest BCUT2D eigenvalue weighted by Gasteiger charge is -2.10.